The van der Waals surface area contributed by atoms with E-state index >= 15 is 0 Å². The van der Waals surface area contributed by atoms with Gasteiger partial charge in [0.1, 0.15) is 17.3 Å². The van der Waals surface area contributed by atoms with Crippen LogP contribution in [0, 0.1) is 5.82 Å². The van der Waals surface area contributed by atoms with Crippen molar-refractivity contribution in [3.05, 3.63) is 71.0 Å². The Kier molecular flexibility index (Phi) is 10.1. The molecule has 6 nitrogen and oxygen atoms in total. The molecule has 0 radical (unpaired) electrons. The first kappa shape index (κ1) is 27.4. The van der Waals surface area contributed by atoms with Crippen LogP contribution in [0.5, 0.6) is 5.75 Å². The molecule has 1 amide bonds. The molecule has 1 fully saturated rings. The van der Waals surface area contributed by atoms with Gasteiger partial charge >= 0.3 is 0 Å². The fraction of sp³-hybridized carbons (Fsp3) is 0.448. The monoisotopic (exact) mass is 496 g/mol. The van der Waals surface area contributed by atoms with Gasteiger partial charge in [0.2, 0.25) is 0 Å². The molecule has 1 aliphatic heterocycles. The number of benzene rings is 2. The van der Waals surface area contributed by atoms with E-state index in [9.17, 15) is 19.1 Å². The Labute approximate surface area is 213 Å². The van der Waals surface area contributed by atoms with Crippen molar-refractivity contribution in [2.24, 2.45) is 0 Å². The Bertz CT molecular complexity index is 1060. The summed E-state index contributed by atoms with van der Waals surface area (Å²) in [6.07, 6.45) is 3.79. The second-order valence-corrected chi connectivity index (χ2v) is 9.01. The Balaban J connectivity index is 1.98. The van der Waals surface area contributed by atoms with Crippen molar-refractivity contribution in [2.45, 2.75) is 52.5 Å². The number of ether oxygens (including phenoxy) is 1. The average molecular weight is 497 g/mol. The van der Waals surface area contributed by atoms with E-state index in [1.165, 1.54) is 29.2 Å². The molecule has 1 unspecified atom stereocenters. The van der Waals surface area contributed by atoms with Crippen LogP contribution < -0.4 is 4.74 Å². The zero-order valence-corrected chi connectivity index (χ0v) is 21.5. The van der Waals surface area contributed by atoms with Crippen molar-refractivity contribution >= 4 is 17.4 Å². The number of unbranched alkanes of at least 4 members (excludes halogenated alkanes) is 2. The zero-order chi connectivity index (χ0) is 26.1. The summed E-state index contributed by atoms with van der Waals surface area (Å²) in [5, 5.41) is 11.1. The number of hydrogen-bond donors (Lipinski definition) is 1. The molecule has 1 atom stereocenters. The molecular weight excluding hydrogens is 459 g/mol. The molecule has 7 heteroatoms. The van der Waals surface area contributed by atoms with Crippen molar-refractivity contribution in [2.75, 3.05) is 32.8 Å². The number of carbonyl (C=O) groups excluding carboxylic acids is 2. The summed E-state index contributed by atoms with van der Waals surface area (Å²) in [4.78, 5) is 30.2. The predicted molar refractivity (Wildman–Crippen MR) is 139 cm³/mol. The quantitative estimate of drug-likeness (QED) is 0.170. The summed E-state index contributed by atoms with van der Waals surface area (Å²) in [6, 6.07) is 11.8. The van der Waals surface area contributed by atoms with Gasteiger partial charge in [0.15, 0.2) is 0 Å². The summed E-state index contributed by atoms with van der Waals surface area (Å²) in [7, 11) is 0. The van der Waals surface area contributed by atoms with Crippen LogP contribution in [0.15, 0.2) is 54.1 Å². The van der Waals surface area contributed by atoms with Gasteiger partial charge in [-0.15, -0.1) is 0 Å². The highest BCUT2D eigenvalue weighted by atomic mass is 19.1. The number of ketones is 1. The van der Waals surface area contributed by atoms with E-state index in [2.05, 4.69) is 25.7 Å². The maximum Gasteiger partial charge on any atom is 0.295 e. The SMILES string of the molecule is CCCCCOc1cccc(C2/C(=C(\O)c3ccc(F)cc3)C(=O)C(=O)N2CCCN(CC)CC)c1. The molecule has 2 aromatic carbocycles. The first-order valence-corrected chi connectivity index (χ1v) is 12.9. The van der Waals surface area contributed by atoms with Crippen molar-refractivity contribution in [3.8, 4) is 5.75 Å². The fourth-order valence-electron chi connectivity index (χ4n) is 4.54. The lowest BCUT2D eigenvalue weighted by molar-refractivity contribution is -0.140. The maximum absolute atomic E-state index is 13.5. The maximum atomic E-state index is 13.5. The molecule has 0 saturated carbocycles. The van der Waals surface area contributed by atoms with E-state index in [0.29, 0.717) is 30.9 Å². The van der Waals surface area contributed by atoms with Gasteiger partial charge in [-0.3, -0.25) is 9.59 Å². The van der Waals surface area contributed by atoms with Crippen LogP contribution >= 0.6 is 0 Å². The summed E-state index contributed by atoms with van der Waals surface area (Å²) in [5.41, 5.74) is 0.987. The lowest BCUT2D eigenvalue weighted by atomic mass is 9.95. The molecule has 3 rings (SSSR count). The number of hydrogen-bond acceptors (Lipinski definition) is 5. The largest absolute Gasteiger partial charge is 0.507 e. The normalized spacial score (nSPS) is 17.2. The van der Waals surface area contributed by atoms with Gasteiger partial charge in [-0.2, -0.15) is 0 Å². The minimum atomic E-state index is -0.758. The average Bonchev–Trinajstić information content (AvgIpc) is 3.14. The lowest BCUT2D eigenvalue weighted by Crippen LogP contribution is -2.33. The molecule has 0 aliphatic carbocycles. The molecular formula is C29H37FN2O4. The smallest absolute Gasteiger partial charge is 0.295 e. The number of amides is 1. The lowest BCUT2D eigenvalue weighted by Gasteiger charge is -2.27. The molecule has 1 N–H and O–H groups in total. The Morgan fingerprint density at radius 2 is 1.75 bits per heavy atom. The van der Waals surface area contributed by atoms with Gasteiger partial charge in [-0.25, -0.2) is 4.39 Å². The standard InChI is InChI=1S/C29H37FN2O4/c1-4-7-8-19-36-24-12-9-11-22(20-24)26-25(27(33)21-13-15-23(30)16-14-21)28(34)29(35)32(26)18-10-17-31(5-2)6-3/h9,11-16,20,26,33H,4-8,10,17-19H2,1-3H3/b27-25+. The fourth-order valence-corrected chi connectivity index (χ4v) is 4.54. The highest BCUT2D eigenvalue weighted by Crippen LogP contribution is 2.40. The Hall–Kier alpha value is -3.19. The van der Waals surface area contributed by atoms with E-state index in [1.54, 1.807) is 0 Å². The van der Waals surface area contributed by atoms with Gasteiger partial charge in [-0.05, 0) is 74.4 Å². The number of rotatable bonds is 13. The van der Waals surface area contributed by atoms with Crippen LogP contribution in [0.25, 0.3) is 5.76 Å². The van der Waals surface area contributed by atoms with Crippen LogP contribution in [-0.2, 0) is 9.59 Å². The molecule has 194 valence electrons. The second kappa shape index (κ2) is 13.2. The van der Waals surface area contributed by atoms with Crippen LogP contribution in [0.2, 0.25) is 0 Å². The molecule has 1 aliphatic rings. The molecule has 1 saturated heterocycles. The first-order chi connectivity index (χ1) is 17.4. The molecule has 0 aromatic heterocycles. The van der Waals surface area contributed by atoms with E-state index in [-0.39, 0.29) is 16.9 Å². The third kappa shape index (κ3) is 6.52. The van der Waals surface area contributed by atoms with E-state index in [0.717, 1.165) is 38.9 Å². The molecule has 1 heterocycles. The third-order valence-corrected chi connectivity index (χ3v) is 6.62. The van der Waals surface area contributed by atoms with Crippen molar-refractivity contribution in [3.63, 3.8) is 0 Å². The number of aliphatic hydroxyl groups is 1. The van der Waals surface area contributed by atoms with Gasteiger partial charge in [-0.1, -0.05) is 45.7 Å². The zero-order valence-electron chi connectivity index (χ0n) is 21.5. The summed E-state index contributed by atoms with van der Waals surface area (Å²) >= 11 is 0. The highest BCUT2D eigenvalue weighted by molar-refractivity contribution is 6.46. The topological polar surface area (TPSA) is 70.1 Å². The third-order valence-electron chi connectivity index (χ3n) is 6.62. The minimum absolute atomic E-state index is 0.0116. The van der Waals surface area contributed by atoms with Gasteiger partial charge in [0, 0.05) is 12.1 Å². The number of aliphatic hydroxyl groups excluding tert-OH is 1. The number of carbonyl (C=O) groups is 2. The minimum Gasteiger partial charge on any atom is -0.507 e. The Morgan fingerprint density at radius 1 is 1.03 bits per heavy atom. The van der Waals surface area contributed by atoms with Crippen LogP contribution in [-0.4, -0.2) is 59.4 Å². The number of halogens is 1. The number of nitrogens with zero attached hydrogens (tertiary/aromatic N) is 2. The van der Waals surface area contributed by atoms with Gasteiger partial charge in [0.05, 0.1) is 18.2 Å². The van der Waals surface area contributed by atoms with E-state index in [1.807, 2.05) is 24.3 Å². The van der Waals surface area contributed by atoms with Gasteiger partial charge in [0.25, 0.3) is 11.7 Å². The van der Waals surface area contributed by atoms with E-state index in [4.69, 9.17) is 4.74 Å². The van der Waals surface area contributed by atoms with Crippen molar-refractivity contribution in [1.29, 1.82) is 0 Å². The molecule has 2 aromatic rings. The van der Waals surface area contributed by atoms with E-state index < -0.39 is 23.5 Å². The van der Waals surface area contributed by atoms with Crippen molar-refractivity contribution < 1.29 is 23.8 Å². The van der Waals surface area contributed by atoms with Crippen LogP contribution in [0.3, 0.4) is 0 Å². The summed E-state index contributed by atoms with van der Waals surface area (Å²) in [6.45, 7) is 9.85. The highest BCUT2D eigenvalue weighted by Gasteiger charge is 2.45. The number of likely N-dealkylation sites (tertiary alicyclic amines) is 1. The predicted octanol–water partition coefficient (Wildman–Crippen LogP) is 5.55. The van der Waals surface area contributed by atoms with Crippen LogP contribution in [0.4, 0.5) is 4.39 Å². The summed E-state index contributed by atoms with van der Waals surface area (Å²) in [5.74, 6) is -1.48. The van der Waals surface area contributed by atoms with Crippen molar-refractivity contribution in [1.82, 2.24) is 9.80 Å². The molecule has 0 spiro atoms. The van der Waals surface area contributed by atoms with Gasteiger partial charge < -0.3 is 19.6 Å². The van der Waals surface area contributed by atoms with Crippen LogP contribution in [0.1, 0.15) is 63.6 Å². The number of Topliss-reactive ketones (excluding diaryl/α,β-unsaturated/α-hetero) is 1. The first-order valence-electron chi connectivity index (χ1n) is 12.9. The summed E-state index contributed by atoms with van der Waals surface area (Å²) < 4.78 is 19.4. The molecule has 0 bridgehead atoms. The second-order valence-electron chi connectivity index (χ2n) is 9.01. The Morgan fingerprint density at radius 3 is 2.42 bits per heavy atom. The molecule has 36 heavy (non-hydrogen) atoms.